The van der Waals surface area contributed by atoms with E-state index in [0.717, 1.165) is 38.6 Å². The first-order valence-electron chi connectivity index (χ1n) is 10.8. The number of carboxylic acids is 1. The number of hydrogen-bond acceptors (Lipinski definition) is 3. The number of carbonyl (C=O) groups is 2. The Labute approximate surface area is 161 Å². The third kappa shape index (κ3) is 20.9. The molecule has 26 heavy (non-hydrogen) atoms. The van der Waals surface area contributed by atoms with Gasteiger partial charge in [-0.2, -0.15) is 0 Å². The van der Waals surface area contributed by atoms with Gasteiger partial charge in [-0.3, -0.25) is 4.79 Å². The lowest BCUT2D eigenvalue weighted by Gasteiger charge is -2.13. The number of carboxylic acid groups (broad SMARTS) is 1. The SMILES string of the molecule is CCCCCCCCCCCC(=O)NC(CCCC)C(=O)O.CCCN. The maximum absolute atomic E-state index is 11.8. The van der Waals surface area contributed by atoms with Crippen LogP contribution >= 0.6 is 0 Å². The van der Waals surface area contributed by atoms with Gasteiger partial charge in [-0.1, -0.05) is 85.0 Å². The minimum atomic E-state index is -0.922. The van der Waals surface area contributed by atoms with Gasteiger partial charge in [0.05, 0.1) is 0 Å². The molecule has 1 unspecified atom stereocenters. The van der Waals surface area contributed by atoms with Crippen LogP contribution in [0, 0.1) is 0 Å². The summed E-state index contributed by atoms with van der Waals surface area (Å²) in [4.78, 5) is 22.8. The molecule has 0 aromatic carbocycles. The second-order valence-electron chi connectivity index (χ2n) is 6.97. The number of carbonyl (C=O) groups excluding carboxylic acids is 1. The molecular weight excluding hydrogens is 328 g/mol. The van der Waals surface area contributed by atoms with Crippen molar-refractivity contribution in [1.29, 1.82) is 0 Å². The second-order valence-corrected chi connectivity index (χ2v) is 6.97. The first-order chi connectivity index (χ1) is 12.5. The number of amides is 1. The first-order valence-corrected chi connectivity index (χ1v) is 10.8. The van der Waals surface area contributed by atoms with Gasteiger partial charge in [0.1, 0.15) is 6.04 Å². The van der Waals surface area contributed by atoms with Gasteiger partial charge in [-0.15, -0.1) is 0 Å². The Balaban J connectivity index is 0. The highest BCUT2D eigenvalue weighted by atomic mass is 16.4. The van der Waals surface area contributed by atoms with Crippen molar-refractivity contribution >= 4 is 11.9 Å². The summed E-state index contributed by atoms with van der Waals surface area (Å²) < 4.78 is 0. The molecule has 0 radical (unpaired) electrons. The number of nitrogens with one attached hydrogen (secondary N) is 1. The van der Waals surface area contributed by atoms with Crippen LogP contribution in [-0.2, 0) is 9.59 Å². The van der Waals surface area contributed by atoms with E-state index in [4.69, 9.17) is 10.8 Å². The minimum Gasteiger partial charge on any atom is -0.480 e. The average molecular weight is 373 g/mol. The number of aliphatic carboxylic acids is 1. The van der Waals surface area contributed by atoms with Crippen molar-refractivity contribution in [2.24, 2.45) is 5.73 Å². The van der Waals surface area contributed by atoms with Crippen molar-refractivity contribution in [3.05, 3.63) is 0 Å². The summed E-state index contributed by atoms with van der Waals surface area (Å²) in [6, 6.07) is -0.717. The van der Waals surface area contributed by atoms with Gasteiger partial charge in [-0.05, 0) is 25.8 Å². The van der Waals surface area contributed by atoms with E-state index >= 15 is 0 Å². The Bertz CT molecular complexity index is 320. The lowest BCUT2D eigenvalue weighted by Crippen LogP contribution is -2.40. The molecule has 5 heteroatoms. The van der Waals surface area contributed by atoms with Crippen LogP contribution in [0.2, 0.25) is 0 Å². The summed E-state index contributed by atoms with van der Waals surface area (Å²) >= 11 is 0. The summed E-state index contributed by atoms with van der Waals surface area (Å²) in [7, 11) is 0. The molecule has 1 amide bonds. The lowest BCUT2D eigenvalue weighted by molar-refractivity contribution is -0.142. The van der Waals surface area contributed by atoms with E-state index in [1.54, 1.807) is 0 Å². The Morgan fingerprint density at radius 3 is 1.69 bits per heavy atom. The van der Waals surface area contributed by atoms with E-state index in [0.29, 0.717) is 12.8 Å². The van der Waals surface area contributed by atoms with Crippen LogP contribution in [-0.4, -0.2) is 29.6 Å². The minimum absolute atomic E-state index is 0.119. The van der Waals surface area contributed by atoms with Crippen LogP contribution in [0.4, 0.5) is 0 Å². The Morgan fingerprint density at radius 1 is 0.808 bits per heavy atom. The molecule has 0 heterocycles. The second kappa shape index (κ2) is 21.9. The molecular formula is C21H44N2O3. The van der Waals surface area contributed by atoms with Crippen molar-refractivity contribution in [2.45, 2.75) is 117 Å². The number of nitrogens with two attached hydrogens (primary N) is 1. The molecule has 0 aliphatic carbocycles. The maximum Gasteiger partial charge on any atom is 0.326 e. The predicted molar refractivity (Wildman–Crippen MR) is 110 cm³/mol. The summed E-state index contributed by atoms with van der Waals surface area (Å²) in [5.74, 6) is -1.04. The summed E-state index contributed by atoms with van der Waals surface area (Å²) in [5, 5.41) is 11.7. The largest absolute Gasteiger partial charge is 0.480 e. The smallest absolute Gasteiger partial charge is 0.326 e. The van der Waals surface area contributed by atoms with Crippen LogP contribution in [0.1, 0.15) is 111 Å². The van der Waals surface area contributed by atoms with Gasteiger partial charge in [0, 0.05) is 6.42 Å². The fourth-order valence-corrected chi connectivity index (χ4v) is 2.53. The van der Waals surface area contributed by atoms with Crippen LogP contribution < -0.4 is 11.1 Å². The zero-order chi connectivity index (χ0) is 20.0. The fourth-order valence-electron chi connectivity index (χ4n) is 2.53. The van der Waals surface area contributed by atoms with E-state index < -0.39 is 12.0 Å². The van der Waals surface area contributed by atoms with Crippen LogP contribution in [0.5, 0.6) is 0 Å². The third-order valence-electron chi connectivity index (χ3n) is 4.28. The van der Waals surface area contributed by atoms with Crippen LogP contribution in [0.3, 0.4) is 0 Å². The highest BCUT2D eigenvalue weighted by Crippen LogP contribution is 2.10. The molecule has 156 valence electrons. The summed E-state index contributed by atoms with van der Waals surface area (Å²) in [6.45, 7) is 7.12. The van der Waals surface area contributed by atoms with Gasteiger partial charge in [0.15, 0.2) is 0 Å². The molecule has 0 spiro atoms. The van der Waals surface area contributed by atoms with E-state index in [1.165, 1.54) is 44.9 Å². The normalized spacial score (nSPS) is 11.4. The Kier molecular flexibility index (Phi) is 22.9. The monoisotopic (exact) mass is 372 g/mol. The molecule has 5 nitrogen and oxygen atoms in total. The highest BCUT2D eigenvalue weighted by Gasteiger charge is 2.18. The van der Waals surface area contributed by atoms with Gasteiger partial charge < -0.3 is 16.2 Å². The molecule has 4 N–H and O–H groups in total. The van der Waals surface area contributed by atoms with Gasteiger partial charge >= 0.3 is 5.97 Å². The number of unbranched alkanes of at least 4 members (excludes halogenated alkanes) is 9. The van der Waals surface area contributed by atoms with Gasteiger partial charge in [0.25, 0.3) is 0 Å². The molecule has 0 saturated heterocycles. The van der Waals surface area contributed by atoms with Gasteiger partial charge in [0.2, 0.25) is 5.91 Å². The topological polar surface area (TPSA) is 92.4 Å². The molecule has 0 fully saturated rings. The van der Waals surface area contributed by atoms with Crippen LogP contribution in [0.15, 0.2) is 0 Å². The van der Waals surface area contributed by atoms with Crippen LogP contribution in [0.25, 0.3) is 0 Å². The summed E-state index contributed by atoms with van der Waals surface area (Å²) in [5.41, 5.74) is 5.03. The van der Waals surface area contributed by atoms with E-state index in [9.17, 15) is 9.59 Å². The molecule has 0 aromatic heterocycles. The molecule has 0 aliphatic rings. The van der Waals surface area contributed by atoms with Crippen molar-refractivity contribution in [1.82, 2.24) is 5.32 Å². The van der Waals surface area contributed by atoms with E-state index in [-0.39, 0.29) is 5.91 Å². The number of rotatable bonds is 16. The molecule has 0 aliphatic heterocycles. The zero-order valence-corrected chi connectivity index (χ0v) is 17.5. The van der Waals surface area contributed by atoms with E-state index in [2.05, 4.69) is 19.2 Å². The molecule has 1 atom stereocenters. The Morgan fingerprint density at radius 2 is 1.27 bits per heavy atom. The quantitative estimate of drug-likeness (QED) is 0.332. The highest BCUT2D eigenvalue weighted by molar-refractivity contribution is 5.83. The molecule has 0 bridgehead atoms. The molecule has 0 rings (SSSR count). The van der Waals surface area contributed by atoms with Crippen molar-refractivity contribution in [3.63, 3.8) is 0 Å². The first kappa shape index (κ1) is 27.1. The number of hydrogen-bond donors (Lipinski definition) is 3. The predicted octanol–water partition coefficient (Wildman–Crippen LogP) is 5.02. The van der Waals surface area contributed by atoms with Gasteiger partial charge in [-0.25, -0.2) is 4.79 Å². The molecule has 0 aromatic rings. The van der Waals surface area contributed by atoms with Crippen molar-refractivity contribution in [2.75, 3.05) is 6.54 Å². The zero-order valence-electron chi connectivity index (χ0n) is 17.5. The third-order valence-corrected chi connectivity index (χ3v) is 4.28. The van der Waals surface area contributed by atoms with Crippen molar-refractivity contribution in [3.8, 4) is 0 Å². The fraction of sp³-hybridized carbons (Fsp3) is 0.905. The maximum atomic E-state index is 11.8. The van der Waals surface area contributed by atoms with Crippen molar-refractivity contribution < 1.29 is 14.7 Å². The summed E-state index contributed by atoms with van der Waals surface area (Å²) in [6.07, 6.45) is 14.8. The van der Waals surface area contributed by atoms with E-state index in [1.807, 2.05) is 6.92 Å². The standard InChI is InChI=1S/C18H35NO3.C3H9N/c1-3-5-7-8-9-10-11-12-13-15-17(20)19-16(18(21)22)14-6-4-2;1-2-3-4/h16H,3-15H2,1-2H3,(H,19,20)(H,21,22);2-4H2,1H3. The molecule has 0 saturated carbocycles. The Hall–Kier alpha value is -1.10. The lowest BCUT2D eigenvalue weighted by atomic mass is 10.1. The average Bonchev–Trinajstić information content (AvgIpc) is 2.63.